The second kappa shape index (κ2) is 10.2. The zero-order chi connectivity index (χ0) is 22.4. The van der Waals surface area contributed by atoms with Crippen LogP contribution in [-0.4, -0.2) is 5.91 Å². The van der Waals surface area contributed by atoms with Gasteiger partial charge in [-0.3, -0.25) is 4.79 Å². The summed E-state index contributed by atoms with van der Waals surface area (Å²) in [4.78, 5) is 12.7. The number of hydrogen-bond donors (Lipinski definition) is 1. The zero-order valence-electron chi connectivity index (χ0n) is 17.1. The highest BCUT2D eigenvalue weighted by molar-refractivity contribution is 6.42. The van der Waals surface area contributed by atoms with E-state index in [0.29, 0.717) is 27.0 Å². The van der Waals surface area contributed by atoms with Crippen LogP contribution in [0.4, 0.5) is 5.69 Å². The van der Waals surface area contributed by atoms with Gasteiger partial charge >= 0.3 is 0 Å². The third-order valence-corrected chi connectivity index (χ3v) is 5.55. The number of halogens is 2. The molecule has 156 valence electrons. The summed E-state index contributed by atoms with van der Waals surface area (Å²) in [7, 11) is 0. The molecule has 0 aliphatic carbocycles. The Hall–Kier alpha value is -3.26. The van der Waals surface area contributed by atoms with E-state index >= 15 is 0 Å². The monoisotopic (exact) mass is 450 g/mol. The van der Waals surface area contributed by atoms with Gasteiger partial charge in [-0.05, 0) is 60.9 Å². The van der Waals surface area contributed by atoms with Crippen molar-refractivity contribution in [2.24, 2.45) is 0 Å². The quantitative estimate of drug-likeness (QED) is 0.334. The van der Waals surface area contributed by atoms with Crippen LogP contribution in [0.1, 0.15) is 22.3 Å². The molecule has 0 heterocycles. The number of hydrogen-bond acceptors (Lipinski definition) is 3. The van der Waals surface area contributed by atoms with E-state index in [-0.39, 0.29) is 12.2 Å². The van der Waals surface area contributed by atoms with Gasteiger partial charge in [0.2, 0.25) is 0 Å². The summed E-state index contributed by atoms with van der Waals surface area (Å²) in [6.07, 6.45) is 1.52. The van der Waals surface area contributed by atoms with Crippen molar-refractivity contribution in [3.05, 3.63) is 98.5 Å². The van der Waals surface area contributed by atoms with Gasteiger partial charge in [0.1, 0.15) is 24.0 Å². The van der Waals surface area contributed by atoms with Crippen molar-refractivity contribution in [1.29, 1.82) is 5.26 Å². The molecule has 0 atom stereocenters. The largest absolute Gasteiger partial charge is 0.488 e. The van der Waals surface area contributed by atoms with Gasteiger partial charge < -0.3 is 10.1 Å². The molecule has 0 saturated carbocycles. The minimum absolute atomic E-state index is 0.0218. The van der Waals surface area contributed by atoms with Crippen molar-refractivity contribution in [1.82, 2.24) is 0 Å². The molecule has 6 heteroatoms. The number of amides is 1. The molecule has 1 N–H and O–H groups in total. The molecule has 0 bridgehead atoms. The molecule has 0 aliphatic heterocycles. The number of carbonyl (C=O) groups is 1. The maximum Gasteiger partial charge on any atom is 0.266 e. The smallest absolute Gasteiger partial charge is 0.266 e. The highest BCUT2D eigenvalue weighted by Gasteiger charge is 2.13. The molecule has 0 saturated heterocycles. The third kappa shape index (κ3) is 5.67. The van der Waals surface area contributed by atoms with Crippen molar-refractivity contribution in [2.45, 2.75) is 20.5 Å². The summed E-state index contributed by atoms with van der Waals surface area (Å²) >= 11 is 12.0. The van der Waals surface area contributed by atoms with Crippen LogP contribution in [-0.2, 0) is 11.4 Å². The van der Waals surface area contributed by atoms with Gasteiger partial charge in [-0.1, -0.05) is 59.6 Å². The summed E-state index contributed by atoms with van der Waals surface area (Å²) < 4.78 is 5.91. The molecular weight excluding hydrogens is 431 g/mol. The number of aryl methyl sites for hydroxylation is 1. The Labute approximate surface area is 191 Å². The van der Waals surface area contributed by atoms with Gasteiger partial charge in [-0.2, -0.15) is 5.26 Å². The fourth-order valence-electron chi connectivity index (χ4n) is 2.90. The molecular formula is C25H20Cl2N2O2. The molecule has 3 aromatic rings. The van der Waals surface area contributed by atoms with Gasteiger partial charge in [0.15, 0.2) is 0 Å². The Balaban J connectivity index is 1.81. The predicted molar refractivity (Wildman–Crippen MR) is 125 cm³/mol. The van der Waals surface area contributed by atoms with E-state index in [2.05, 4.69) is 5.32 Å². The van der Waals surface area contributed by atoms with Crippen LogP contribution < -0.4 is 10.1 Å². The summed E-state index contributed by atoms with van der Waals surface area (Å²) in [6.45, 7) is 4.15. The van der Waals surface area contributed by atoms with E-state index in [1.54, 1.807) is 24.3 Å². The van der Waals surface area contributed by atoms with Crippen molar-refractivity contribution >= 4 is 40.9 Å². The summed E-state index contributed by atoms with van der Waals surface area (Å²) in [5.41, 5.74) is 4.14. The SMILES string of the molecule is Cc1cccc(NC(=O)/C(C#N)=C/c2ccccc2OCc2ccc(Cl)c(Cl)c2)c1C. The first-order chi connectivity index (χ1) is 14.9. The number of rotatable bonds is 6. The molecule has 0 aromatic heterocycles. The molecule has 4 nitrogen and oxygen atoms in total. The maximum absolute atomic E-state index is 12.7. The number of nitrogens with one attached hydrogen (secondary N) is 1. The van der Waals surface area contributed by atoms with E-state index in [9.17, 15) is 10.1 Å². The van der Waals surface area contributed by atoms with Crippen LogP contribution in [0.3, 0.4) is 0 Å². The number of ether oxygens (including phenoxy) is 1. The standard InChI is InChI=1S/C25H20Cl2N2O2/c1-16-6-5-8-23(17(16)2)29-25(30)20(14-28)13-19-7-3-4-9-24(19)31-15-18-10-11-21(26)22(27)12-18/h3-13H,15H2,1-2H3,(H,29,30)/b20-13+. The lowest BCUT2D eigenvalue weighted by atomic mass is 10.1. The first-order valence-electron chi connectivity index (χ1n) is 9.54. The highest BCUT2D eigenvalue weighted by atomic mass is 35.5. The van der Waals surface area contributed by atoms with Crippen LogP contribution >= 0.6 is 23.2 Å². The van der Waals surface area contributed by atoms with Gasteiger partial charge in [-0.25, -0.2) is 0 Å². The van der Waals surface area contributed by atoms with Crippen molar-refractivity contribution in [3.63, 3.8) is 0 Å². The Morgan fingerprint density at radius 1 is 1.06 bits per heavy atom. The van der Waals surface area contributed by atoms with E-state index in [4.69, 9.17) is 27.9 Å². The first-order valence-corrected chi connectivity index (χ1v) is 10.3. The lowest BCUT2D eigenvalue weighted by molar-refractivity contribution is -0.112. The molecule has 3 aromatic carbocycles. The number of carbonyl (C=O) groups excluding carboxylic acids is 1. The third-order valence-electron chi connectivity index (χ3n) is 4.82. The van der Waals surface area contributed by atoms with Gasteiger partial charge in [0.25, 0.3) is 5.91 Å². The molecule has 0 spiro atoms. The van der Waals surface area contributed by atoms with E-state index in [1.165, 1.54) is 6.08 Å². The van der Waals surface area contributed by atoms with Crippen molar-refractivity contribution in [2.75, 3.05) is 5.32 Å². The number of para-hydroxylation sites is 1. The molecule has 0 fully saturated rings. The minimum atomic E-state index is -0.476. The van der Waals surface area contributed by atoms with Crippen LogP contribution in [0.25, 0.3) is 6.08 Å². The summed E-state index contributed by atoms with van der Waals surface area (Å²) in [5.74, 6) is 0.0661. The lowest BCUT2D eigenvalue weighted by Crippen LogP contribution is -2.14. The lowest BCUT2D eigenvalue weighted by Gasteiger charge is -2.11. The van der Waals surface area contributed by atoms with Crippen molar-refractivity contribution < 1.29 is 9.53 Å². The Morgan fingerprint density at radius 2 is 1.84 bits per heavy atom. The Kier molecular flexibility index (Phi) is 7.36. The van der Waals surface area contributed by atoms with E-state index < -0.39 is 5.91 Å². The zero-order valence-corrected chi connectivity index (χ0v) is 18.6. The van der Waals surface area contributed by atoms with Crippen LogP contribution in [0.15, 0.2) is 66.2 Å². The average Bonchev–Trinajstić information content (AvgIpc) is 2.76. The Morgan fingerprint density at radius 3 is 2.58 bits per heavy atom. The van der Waals surface area contributed by atoms with E-state index in [0.717, 1.165) is 16.7 Å². The first kappa shape index (κ1) is 22.4. The number of benzene rings is 3. The summed E-state index contributed by atoms with van der Waals surface area (Å²) in [5, 5.41) is 13.3. The van der Waals surface area contributed by atoms with Crippen LogP contribution in [0.5, 0.6) is 5.75 Å². The second-order valence-electron chi connectivity index (χ2n) is 6.95. The number of anilines is 1. The van der Waals surface area contributed by atoms with Gasteiger partial charge in [-0.15, -0.1) is 0 Å². The molecule has 1 amide bonds. The fraction of sp³-hybridized carbons (Fsp3) is 0.120. The Bertz CT molecular complexity index is 1200. The topological polar surface area (TPSA) is 62.1 Å². The van der Waals surface area contributed by atoms with Gasteiger partial charge in [0, 0.05) is 11.3 Å². The van der Waals surface area contributed by atoms with Crippen LogP contribution in [0.2, 0.25) is 10.0 Å². The van der Waals surface area contributed by atoms with Crippen LogP contribution in [0, 0.1) is 25.2 Å². The number of nitrogens with zero attached hydrogens (tertiary/aromatic N) is 1. The molecule has 31 heavy (non-hydrogen) atoms. The van der Waals surface area contributed by atoms with Crippen molar-refractivity contribution in [3.8, 4) is 11.8 Å². The second-order valence-corrected chi connectivity index (χ2v) is 7.76. The fourth-order valence-corrected chi connectivity index (χ4v) is 3.22. The van der Waals surface area contributed by atoms with E-state index in [1.807, 2.05) is 56.3 Å². The average molecular weight is 451 g/mol. The normalized spacial score (nSPS) is 11.0. The molecule has 0 radical (unpaired) electrons. The predicted octanol–water partition coefficient (Wildman–Crippen LogP) is 6.73. The molecule has 0 aliphatic rings. The minimum Gasteiger partial charge on any atom is -0.488 e. The summed E-state index contributed by atoms with van der Waals surface area (Å²) in [6, 6.07) is 20.1. The molecule has 3 rings (SSSR count). The number of nitriles is 1. The maximum atomic E-state index is 12.7. The highest BCUT2D eigenvalue weighted by Crippen LogP contribution is 2.26. The molecule has 0 unspecified atom stereocenters. The van der Waals surface area contributed by atoms with Gasteiger partial charge in [0.05, 0.1) is 10.0 Å².